The van der Waals surface area contributed by atoms with Crippen LogP contribution >= 0.6 is 0 Å². The number of ether oxygens (including phenoxy) is 2. The van der Waals surface area contributed by atoms with Crippen molar-refractivity contribution < 1.29 is 9.47 Å². The summed E-state index contributed by atoms with van der Waals surface area (Å²) in [5.74, 6) is 2.58. The zero-order valence-corrected chi connectivity index (χ0v) is 14.6. The molecule has 0 aliphatic carbocycles. The molecule has 1 aromatic carbocycles. The zero-order chi connectivity index (χ0) is 17.1. The highest BCUT2D eigenvalue weighted by Crippen LogP contribution is 2.35. The lowest BCUT2D eigenvalue weighted by atomic mass is 10.0. The van der Waals surface area contributed by atoms with Crippen molar-refractivity contribution in [1.29, 1.82) is 0 Å². The molecular weight excluding hydrogens is 316 g/mol. The average molecular weight is 340 g/mol. The largest absolute Gasteiger partial charge is 0.493 e. The molecule has 6 nitrogen and oxygen atoms in total. The van der Waals surface area contributed by atoms with E-state index in [0.29, 0.717) is 6.04 Å². The third-order valence-corrected chi connectivity index (χ3v) is 5.04. The molecular formula is C19H24N4O2. The minimum Gasteiger partial charge on any atom is -0.493 e. The van der Waals surface area contributed by atoms with Gasteiger partial charge in [0.25, 0.3) is 0 Å². The van der Waals surface area contributed by atoms with Gasteiger partial charge in [-0.15, -0.1) is 0 Å². The number of rotatable bonds is 3. The fourth-order valence-electron chi connectivity index (χ4n) is 3.73. The Morgan fingerprint density at radius 2 is 1.96 bits per heavy atom. The monoisotopic (exact) mass is 340 g/mol. The molecule has 3 heterocycles. The maximum Gasteiger partial charge on any atom is 0.225 e. The van der Waals surface area contributed by atoms with Gasteiger partial charge in [0.2, 0.25) is 5.95 Å². The predicted octanol–water partition coefficient (Wildman–Crippen LogP) is 2.00. The number of fused-ring (bicyclic) bond motifs is 1. The first-order chi connectivity index (χ1) is 12.3. The third kappa shape index (κ3) is 3.39. The van der Waals surface area contributed by atoms with Crippen LogP contribution in [0.4, 0.5) is 5.95 Å². The third-order valence-electron chi connectivity index (χ3n) is 5.04. The number of para-hydroxylation sites is 1. The molecule has 1 unspecified atom stereocenters. The summed E-state index contributed by atoms with van der Waals surface area (Å²) in [6, 6.07) is 8.42. The van der Waals surface area contributed by atoms with Crippen LogP contribution in [0.2, 0.25) is 0 Å². The Bertz CT molecular complexity index is 710. The smallest absolute Gasteiger partial charge is 0.225 e. The molecule has 2 aliphatic rings. The average Bonchev–Trinajstić information content (AvgIpc) is 2.94. The number of nitrogens with zero attached hydrogens (tertiary/aromatic N) is 4. The minimum absolute atomic E-state index is 0.413. The van der Waals surface area contributed by atoms with Crippen LogP contribution in [0.25, 0.3) is 0 Å². The van der Waals surface area contributed by atoms with Crippen molar-refractivity contribution in [3.63, 3.8) is 0 Å². The van der Waals surface area contributed by atoms with Crippen molar-refractivity contribution in [2.24, 2.45) is 0 Å². The van der Waals surface area contributed by atoms with Gasteiger partial charge in [0.05, 0.1) is 7.11 Å². The summed E-state index contributed by atoms with van der Waals surface area (Å²) in [5.41, 5.74) is 1.24. The van der Waals surface area contributed by atoms with Crippen molar-refractivity contribution in [3.05, 3.63) is 42.2 Å². The summed E-state index contributed by atoms with van der Waals surface area (Å²) in [6.07, 6.45) is 5.74. The van der Waals surface area contributed by atoms with E-state index in [1.807, 2.05) is 30.6 Å². The van der Waals surface area contributed by atoms with Gasteiger partial charge < -0.3 is 14.4 Å². The summed E-state index contributed by atoms with van der Waals surface area (Å²) in [5, 5.41) is 0. The summed E-state index contributed by atoms with van der Waals surface area (Å²) in [6.45, 7) is 4.75. The second-order valence-corrected chi connectivity index (χ2v) is 6.54. The highest BCUT2D eigenvalue weighted by Gasteiger charge is 2.28. The number of methoxy groups -OCH3 is 1. The second kappa shape index (κ2) is 7.27. The maximum absolute atomic E-state index is 6.06. The summed E-state index contributed by atoms with van der Waals surface area (Å²) >= 11 is 0. The van der Waals surface area contributed by atoms with Gasteiger partial charge >= 0.3 is 0 Å². The Morgan fingerprint density at radius 1 is 1.08 bits per heavy atom. The lowest BCUT2D eigenvalue weighted by Crippen LogP contribution is -2.45. The first kappa shape index (κ1) is 16.1. The van der Waals surface area contributed by atoms with E-state index in [0.717, 1.165) is 63.1 Å². The standard InChI is InChI=1S/C19H24N4O2/c1-24-17-6-2-5-15-13-16(14-25-18(15)17)22-9-4-10-23(12-11-22)19-20-7-3-8-21-19/h2-3,5-8,16H,4,9-14H2,1H3. The highest BCUT2D eigenvalue weighted by atomic mass is 16.5. The molecule has 6 heteroatoms. The van der Waals surface area contributed by atoms with Crippen LogP contribution in [0.5, 0.6) is 11.5 Å². The molecule has 0 amide bonds. The molecule has 2 aliphatic heterocycles. The van der Waals surface area contributed by atoms with E-state index in [9.17, 15) is 0 Å². The van der Waals surface area contributed by atoms with E-state index in [-0.39, 0.29) is 0 Å². The van der Waals surface area contributed by atoms with Gasteiger partial charge in [-0.05, 0) is 30.5 Å². The molecule has 1 fully saturated rings. The number of hydrogen-bond acceptors (Lipinski definition) is 6. The molecule has 0 radical (unpaired) electrons. The van der Waals surface area contributed by atoms with Gasteiger partial charge in [0.1, 0.15) is 6.61 Å². The Kier molecular flexibility index (Phi) is 4.70. The van der Waals surface area contributed by atoms with Crippen molar-refractivity contribution in [1.82, 2.24) is 14.9 Å². The first-order valence-electron chi connectivity index (χ1n) is 8.90. The van der Waals surface area contributed by atoms with E-state index < -0.39 is 0 Å². The molecule has 1 saturated heterocycles. The molecule has 4 rings (SSSR count). The van der Waals surface area contributed by atoms with Crippen molar-refractivity contribution in [2.75, 3.05) is 44.8 Å². The van der Waals surface area contributed by atoms with E-state index in [1.165, 1.54) is 5.56 Å². The van der Waals surface area contributed by atoms with Crippen molar-refractivity contribution >= 4 is 5.95 Å². The van der Waals surface area contributed by atoms with Gasteiger partial charge in [0, 0.05) is 44.6 Å². The van der Waals surface area contributed by atoms with Gasteiger partial charge in [-0.25, -0.2) is 9.97 Å². The number of anilines is 1. The lowest BCUT2D eigenvalue weighted by Gasteiger charge is -2.34. The number of aromatic nitrogens is 2. The summed E-state index contributed by atoms with van der Waals surface area (Å²) in [7, 11) is 1.69. The van der Waals surface area contributed by atoms with E-state index >= 15 is 0 Å². The maximum atomic E-state index is 6.06. The van der Waals surface area contributed by atoms with Crippen LogP contribution < -0.4 is 14.4 Å². The summed E-state index contributed by atoms with van der Waals surface area (Å²) < 4.78 is 11.5. The van der Waals surface area contributed by atoms with E-state index in [4.69, 9.17) is 9.47 Å². The van der Waals surface area contributed by atoms with Crippen LogP contribution in [0.15, 0.2) is 36.7 Å². The van der Waals surface area contributed by atoms with Crippen LogP contribution in [-0.4, -0.2) is 60.8 Å². The Labute approximate surface area is 148 Å². The van der Waals surface area contributed by atoms with Crippen LogP contribution in [0.1, 0.15) is 12.0 Å². The fourth-order valence-corrected chi connectivity index (χ4v) is 3.73. The Morgan fingerprint density at radius 3 is 2.80 bits per heavy atom. The molecule has 2 aromatic rings. The molecule has 132 valence electrons. The van der Waals surface area contributed by atoms with Crippen LogP contribution in [0, 0.1) is 0 Å². The lowest BCUT2D eigenvalue weighted by molar-refractivity contribution is 0.123. The highest BCUT2D eigenvalue weighted by molar-refractivity contribution is 5.48. The molecule has 1 atom stereocenters. The zero-order valence-electron chi connectivity index (χ0n) is 14.6. The molecule has 0 N–H and O–H groups in total. The second-order valence-electron chi connectivity index (χ2n) is 6.54. The van der Waals surface area contributed by atoms with Gasteiger partial charge in [-0.3, -0.25) is 4.90 Å². The quantitative estimate of drug-likeness (QED) is 0.852. The minimum atomic E-state index is 0.413. The van der Waals surface area contributed by atoms with Crippen LogP contribution in [-0.2, 0) is 6.42 Å². The van der Waals surface area contributed by atoms with Crippen molar-refractivity contribution in [2.45, 2.75) is 18.9 Å². The first-order valence-corrected chi connectivity index (χ1v) is 8.90. The molecule has 0 saturated carbocycles. The number of benzene rings is 1. The van der Waals surface area contributed by atoms with Gasteiger partial charge in [-0.2, -0.15) is 0 Å². The van der Waals surface area contributed by atoms with E-state index in [1.54, 1.807) is 7.11 Å². The molecule has 1 aromatic heterocycles. The number of hydrogen-bond donors (Lipinski definition) is 0. The summed E-state index contributed by atoms with van der Waals surface area (Å²) in [4.78, 5) is 13.6. The Balaban J connectivity index is 1.43. The SMILES string of the molecule is COc1cccc2c1OCC(N1CCCN(c3ncccn3)CC1)C2. The van der Waals surface area contributed by atoms with Crippen molar-refractivity contribution in [3.8, 4) is 11.5 Å². The normalized spacial score (nSPS) is 21.2. The predicted molar refractivity (Wildman–Crippen MR) is 96.4 cm³/mol. The van der Waals surface area contributed by atoms with Gasteiger partial charge in [-0.1, -0.05) is 12.1 Å². The fraction of sp³-hybridized carbons (Fsp3) is 0.474. The van der Waals surface area contributed by atoms with Crippen LogP contribution in [0.3, 0.4) is 0 Å². The molecule has 25 heavy (non-hydrogen) atoms. The molecule has 0 bridgehead atoms. The van der Waals surface area contributed by atoms with Gasteiger partial charge in [0.15, 0.2) is 11.5 Å². The topological polar surface area (TPSA) is 50.7 Å². The molecule has 0 spiro atoms. The van der Waals surface area contributed by atoms with E-state index in [2.05, 4.69) is 25.8 Å². The Hall–Kier alpha value is -2.34.